The zero-order chi connectivity index (χ0) is 30.8. The van der Waals surface area contributed by atoms with Crippen LogP contribution in [0.1, 0.15) is 18.1 Å². The molecule has 8 nitrogen and oxygen atoms in total. The third-order valence-electron chi connectivity index (χ3n) is 6.84. The van der Waals surface area contributed by atoms with E-state index in [-0.39, 0.29) is 29.5 Å². The number of hydrogen-bond acceptors (Lipinski definition) is 5. The van der Waals surface area contributed by atoms with E-state index in [9.17, 15) is 18.0 Å². The van der Waals surface area contributed by atoms with Gasteiger partial charge >= 0.3 is 0 Å². The number of benzene rings is 4. The van der Waals surface area contributed by atoms with Crippen LogP contribution in [-0.2, 0) is 32.6 Å². The summed E-state index contributed by atoms with van der Waals surface area (Å²) in [5.41, 5.74) is 1.84. The second-order valence-corrected chi connectivity index (χ2v) is 12.1. The number of amides is 2. The molecule has 0 aliphatic heterocycles. The van der Waals surface area contributed by atoms with Gasteiger partial charge in [0.1, 0.15) is 18.3 Å². The summed E-state index contributed by atoms with van der Waals surface area (Å²) < 4.78 is 34.4. The quantitative estimate of drug-likeness (QED) is 0.219. The Bertz CT molecular complexity index is 1620. The average Bonchev–Trinajstić information content (AvgIpc) is 3.03. The largest absolute Gasteiger partial charge is 0.497 e. The van der Waals surface area contributed by atoms with Gasteiger partial charge in [-0.05, 0) is 54.4 Å². The fraction of sp³-hybridized carbons (Fsp3) is 0.212. The molecule has 10 heteroatoms. The van der Waals surface area contributed by atoms with Gasteiger partial charge in [-0.25, -0.2) is 8.42 Å². The van der Waals surface area contributed by atoms with Gasteiger partial charge in [0.2, 0.25) is 11.8 Å². The molecule has 0 aliphatic rings. The topological polar surface area (TPSA) is 96.0 Å². The highest BCUT2D eigenvalue weighted by atomic mass is 35.5. The Morgan fingerprint density at radius 2 is 1.51 bits per heavy atom. The van der Waals surface area contributed by atoms with Crippen LogP contribution >= 0.6 is 11.6 Å². The van der Waals surface area contributed by atoms with E-state index < -0.39 is 28.5 Å². The molecule has 43 heavy (non-hydrogen) atoms. The molecule has 0 aliphatic carbocycles. The Kier molecular flexibility index (Phi) is 10.8. The lowest BCUT2D eigenvalue weighted by Gasteiger charge is -2.34. The molecule has 0 bridgehead atoms. The maximum absolute atomic E-state index is 14.4. The molecule has 0 saturated carbocycles. The smallest absolute Gasteiger partial charge is 0.264 e. The van der Waals surface area contributed by atoms with E-state index in [1.807, 2.05) is 30.3 Å². The summed E-state index contributed by atoms with van der Waals surface area (Å²) in [4.78, 5) is 29.3. The van der Waals surface area contributed by atoms with E-state index in [4.69, 9.17) is 16.3 Å². The van der Waals surface area contributed by atoms with E-state index in [1.165, 1.54) is 24.1 Å². The number of anilines is 1. The number of hydrogen-bond donors (Lipinski definition) is 1. The molecule has 0 unspecified atom stereocenters. The first-order chi connectivity index (χ1) is 20.7. The lowest BCUT2D eigenvalue weighted by Crippen LogP contribution is -2.53. The Morgan fingerprint density at radius 1 is 0.860 bits per heavy atom. The normalized spacial score (nSPS) is 11.8. The van der Waals surface area contributed by atoms with Crippen molar-refractivity contribution in [3.8, 4) is 5.75 Å². The lowest BCUT2D eigenvalue weighted by molar-refractivity contribution is -0.140. The first-order valence-electron chi connectivity index (χ1n) is 13.8. The fourth-order valence-electron chi connectivity index (χ4n) is 4.65. The number of halogens is 1. The highest BCUT2D eigenvalue weighted by Crippen LogP contribution is 2.28. The molecule has 4 aromatic rings. The van der Waals surface area contributed by atoms with Crippen LogP contribution in [0.3, 0.4) is 0 Å². The minimum atomic E-state index is -4.19. The molecule has 0 aromatic heterocycles. The first kappa shape index (κ1) is 31.6. The molecule has 0 radical (unpaired) electrons. The summed E-state index contributed by atoms with van der Waals surface area (Å²) in [6, 6.07) is 29.9. The zero-order valence-electron chi connectivity index (χ0n) is 24.0. The zero-order valence-corrected chi connectivity index (χ0v) is 25.6. The standard InChI is InChI=1S/C33H34ClN3O5S/c1-3-35-33(39)31(21-25-11-6-4-7-12-25)36(23-26-17-19-27(34)20-18-26)32(38)24-37(28-13-10-14-29(22-28)42-2)43(40,41)30-15-8-5-9-16-30/h4-20,22,31H,3,21,23-24H2,1-2H3,(H,35,39)/t31-/m1/s1. The molecule has 224 valence electrons. The van der Waals surface area contributed by atoms with Crippen molar-refractivity contribution >= 4 is 39.1 Å². The average molecular weight is 620 g/mol. The summed E-state index contributed by atoms with van der Waals surface area (Å²) in [5.74, 6) is -0.461. The van der Waals surface area contributed by atoms with E-state index in [0.29, 0.717) is 17.3 Å². The van der Waals surface area contributed by atoms with Crippen molar-refractivity contribution in [2.75, 3.05) is 24.5 Å². The number of rotatable bonds is 13. The van der Waals surface area contributed by atoms with Crippen LogP contribution in [0.4, 0.5) is 5.69 Å². The molecule has 4 aromatic carbocycles. The third kappa shape index (κ3) is 8.15. The second-order valence-electron chi connectivity index (χ2n) is 9.77. The molecular formula is C33H34ClN3O5S. The molecule has 1 atom stereocenters. The fourth-order valence-corrected chi connectivity index (χ4v) is 6.20. The van der Waals surface area contributed by atoms with Crippen molar-refractivity contribution in [1.82, 2.24) is 10.2 Å². The minimum Gasteiger partial charge on any atom is -0.497 e. The number of ether oxygens (including phenoxy) is 1. The number of methoxy groups -OCH3 is 1. The van der Waals surface area contributed by atoms with Gasteiger partial charge in [0, 0.05) is 30.6 Å². The third-order valence-corrected chi connectivity index (χ3v) is 8.88. The molecule has 0 saturated heterocycles. The predicted molar refractivity (Wildman–Crippen MR) is 169 cm³/mol. The Balaban J connectivity index is 1.79. The summed E-state index contributed by atoms with van der Waals surface area (Å²) >= 11 is 6.11. The van der Waals surface area contributed by atoms with Crippen molar-refractivity contribution in [3.63, 3.8) is 0 Å². The number of carbonyl (C=O) groups is 2. The summed E-state index contributed by atoms with van der Waals surface area (Å²) in [5, 5.41) is 3.38. The minimum absolute atomic E-state index is 0.0273. The highest BCUT2D eigenvalue weighted by molar-refractivity contribution is 7.92. The summed E-state index contributed by atoms with van der Waals surface area (Å²) in [6.45, 7) is 1.68. The molecular weight excluding hydrogens is 586 g/mol. The van der Waals surface area contributed by atoms with Crippen molar-refractivity contribution in [1.29, 1.82) is 0 Å². The van der Waals surface area contributed by atoms with Gasteiger partial charge in [-0.3, -0.25) is 13.9 Å². The molecule has 0 heterocycles. The second kappa shape index (κ2) is 14.7. The highest BCUT2D eigenvalue weighted by Gasteiger charge is 2.34. The van der Waals surface area contributed by atoms with Crippen LogP contribution in [0.2, 0.25) is 5.02 Å². The van der Waals surface area contributed by atoms with Crippen LogP contribution < -0.4 is 14.4 Å². The first-order valence-corrected chi connectivity index (χ1v) is 15.6. The molecule has 4 rings (SSSR count). The van der Waals surface area contributed by atoms with E-state index in [0.717, 1.165) is 15.4 Å². The number of nitrogens with zero attached hydrogens (tertiary/aromatic N) is 2. The van der Waals surface area contributed by atoms with Crippen LogP contribution in [0.15, 0.2) is 114 Å². The molecule has 2 amide bonds. The maximum Gasteiger partial charge on any atom is 0.264 e. The molecule has 1 N–H and O–H groups in total. The Hall–Kier alpha value is -4.34. The lowest BCUT2D eigenvalue weighted by atomic mass is 10.0. The van der Waals surface area contributed by atoms with Crippen LogP contribution in [0, 0.1) is 0 Å². The van der Waals surface area contributed by atoms with E-state index in [1.54, 1.807) is 73.7 Å². The monoisotopic (exact) mass is 619 g/mol. The van der Waals surface area contributed by atoms with Crippen molar-refractivity contribution in [2.24, 2.45) is 0 Å². The van der Waals surface area contributed by atoms with Crippen LogP contribution in [0.5, 0.6) is 5.75 Å². The van der Waals surface area contributed by atoms with Crippen LogP contribution in [-0.4, -0.2) is 51.4 Å². The predicted octanol–water partition coefficient (Wildman–Crippen LogP) is 5.32. The van der Waals surface area contributed by atoms with E-state index >= 15 is 0 Å². The Morgan fingerprint density at radius 3 is 2.14 bits per heavy atom. The van der Waals surface area contributed by atoms with Gasteiger partial charge in [0.15, 0.2) is 0 Å². The van der Waals surface area contributed by atoms with Gasteiger partial charge < -0.3 is 15.0 Å². The van der Waals surface area contributed by atoms with Gasteiger partial charge in [-0.15, -0.1) is 0 Å². The Labute approximate surface area is 257 Å². The molecule has 0 fully saturated rings. The number of nitrogens with one attached hydrogen (secondary N) is 1. The van der Waals surface area contributed by atoms with Crippen molar-refractivity contribution in [2.45, 2.75) is 30.8 Å². The van der Waals surface area contributed by atoms with Gasteiger partial charge in [-0.1, -0.05) is 78.3 Å². The summed E-state index contributed by atoms with van der Waals surface area (Å²) in [7, 11) is -2.71. The van der Waals surface area contributed by atoms with Crippen LogP contribution in [0.25, 0.3) is 0 Å². The maximum atomic E-state index is 14.4. The van der Waals surface area contributed by atoms with Crippen molar-refractivity contribution < 1.29 is 22.7 Å². The van der Waals surface area contributed by atoms with E-state index in [2.05, 4.69) is 5.32 Å². The number of sulfonamides is 1. The van der Waals surface area contributed by atoms with Gasteiger partial charge in [0.25, 0.3) is 10.0 Å². The number of carbonyl (C=O) groups excluding carboxylic acids is 2. The van der Waals surface area contributed by atoms with Gasteiger partial charge in [0.05, 0.1) is 17.7 Å². The number of likely N-dealkylation sites (N-methyl/N-ethyl adjacent to an activating group) is 1. The van der Waals surface area contributed by atoms with Crippen molar-refractivity contribution in [3.05, 3.63) is 125 Å². The molecule has 0 spiro atoms. The SMILES string of the molecule is CCNC(=O)[C@@H](Cc1ccccc1)N(Cc1ccc(Cl)cc1)C(=O)CN(c1cccc(OC)c1)S(=O)(=O)c1ccccc1. The summed E-state index contributed by atoms with van der Waals surface area (Å²) in [6.07, 6.45) is 0.233. The van der Waals surface area contributed by atoms with Gasteiger partial charge in [-0.2, -0.15) is 0 Å².